The van der Waals surface area contributed by atoms with E-state index in [4.69, 9.17) is 16.3 Å². The Hall–Kier alpha value is -2.14. The highest BCUT2D eigenvalue weighted by Crippen LogP contribution is 2.30. The van der Waals surface area contributed by atoms with E-state index in [1.807, 2.05) is 0 Å². The van der Waals surface area contributed by atoms with Crippen molar-refractivity contribution in [3.05, 3.63) is 59.1 Å². The lowest BCUT2D eigenvalue weighted by Crippen LogP contribution is -2.42. The first-order valence-corrected chi connectivity index (χ1v) is 6.58. The average molecular weight is 309 g/mol. The lowest BCUT2D eigenvalue weighted by molar-refractivity contribution is -0.145. The highest BCUT2D eigenvalue weighted by atomic mass is 35.5. The number of rotatable bonds is 4. The zero-order chi connectivity index (χ0) is 15.5. The van der Waals surface area contributed by atoms with E-state index in [9.17, 15) is 9.18 Å². The normalized spacial score (nSPS) is 13.3. The monoisotopic (exact) mass is 308 g/mol. The number of aromatic nitrogens is 1. The number of pyridine rings is 1. The number of carbonyl (C=O) groups excluding carboxylic acids is 1. The summed E-state index contributed by atoms with van der Waals surface area (Å²) in [5.41, 5.74) is -0.401. The topological polar surface area (TPSA) is 51.2 Å². The van der Waals surface area contributed by atoms with Gasteiger partial charge in [0.25, 0.3) is 0 Å². The van der Waals surface area contributed by atoms with E-state index >= 15 is 0 Å². The van der Waals surface area contributed by atoms with Crippen molar-refractivity contribution in [3.63, 3.8) is 0 Å². The molecule has 4 nitrogen and oxygen atoms in total. The summed E-state index contributed by atoms with van der Waals surface area (Å²) in [4.78, 5) is 16.1. The number of carbonyl (C=O) groups is 1. The van der Waals surface area contributed by atoms with Crippen LogP contribution < -0.4 is 5.32 Å². The van der Waals surface area contributed by atoms with E-state index in [-0.39, 0.29) is 0 Å². The molecule has 2 rings (SSSR count). The molecule has 1 atom stereocenters. The maximum absolute atomic E-state index is 13.0. The van der Waals surface area contributed by atoms with E-state index in [0.29, 0.717) is 16.4 Å². The molecular weight excluding hydrogens is 295 g/mol. The minimum atomic E-state index is -1.28. The molecule has 1 aromatic carbocycles. The fourth-order valence-electron chi connectivity index (χ4n) is 1.93. The molecule has 6 heteroatoms. The van der Waals surface area contributed by atoms with Crippen LogP contribution in [0.1, 0.15) is 12.6 Å². The second-order valence-corrected chi connectivity index (χ2v) is 4.99. The van der Waals surface area contributed by atoms with Gasteiger partial charge in [0, 0.05) is 0 Å². The molecule has 1 aromatic heterocycles. The van der Waals surface area contributed by atoms with Gasteiger partial charge in [-0.15, -0.1) is 0 Å². The van der Waals surface area contributed by atoms with E-state index in [1.165, 1.54) is 19.2 Å². The molecule has 110 valence electrons. The molecule has 0 radical (unpaired) electrons. The summed E-state index contributed by atoms with van der Waals surface area (Å²) in [5.74, 6) is -1.04. The number of esters is 1. The maximum Gasteiger partial charge on any atom is 0.337 e. The van der Waals surface area contributed by atoms with Gasteiger partial charge in [-0.3, -0.25) is 4.98 Å². The number of para-hydroxylation sites is 1. The molecule has 0 amide bonds. The Morgan fingerprint density at radius 3 is 2.62 bits per heavy atom. The van der Waals surface area contributed by atoms with Crippen molar-refractivity contribution in [1.29, 1.82) is 0 Å². The van der Waals surface area contributed by atoms with Gasteiger partial charge in [0.15, 0.2) is 5.54 Å². The summed E-state index contributed by atoms with van der Waals surface area (Å²) in [5, 5.41) is 3.47. The van der Waals surface area contributed by atoms with Gasteiger partial charge < -0.3 is 10.1 Å². The number of anilines is 1. The van der Waals surface area contributed by atoms with Crippen molar-refractivity contribution in [3.8, 4) is 0 Å². The van der Waals surface area contributed by atoms with Gasteiger partial charge in [-0.2, -0.15) is 0 Å². The van der Waals surface area contributed by atoms with Gasteiger partial charge in [0.1, 0.15) is 5.82 Å². The van der Waals surface area contributed by atoms with Crippen LogP contribution in [0.4, 0.5) is 10.1 Å². The highest BCUT2D eigenvalue weighted by Gasteiger charge is 2.38. The predicted molar refractivity (Wildman–Crippen MR) is 78.6 cm³/mol. The Labute approximate surface area is 126 Å². The van der Waals surface area contributed by atoms with Gasteiger partial charge in [-0.05, 0) is 31.2 Å². The van der Waals surface area contributed by atoms with Crippen molar-refractivity contribution in [2.75, 3.05) is 12.4 Å². The molecule has 0 aliphatic carbocycles. The first-order chi connectivity index (χ1) is 9.97. The number of hydrogen-bond donors (Lipinski definition) is 1. The number of halogens is 2. The molecule has 0 aliphatic rings. The maximum atomic E-state index is 13.0. The van der Waals surface area contributed by atoms with E-state index in [1.54, 1.807) is 31.2 Å². The number of benzene rings is 1. The molecule has 0 aliphatic heterocycles. The van der Waals surface area contributed by atoms with Crippen LogP contribution in [0, 0.1) is 5.82 Å². The van der Waals surface area contributed by atoms with E-state index < -0.39 is 17.3 Å². The Bertz CT molecular complexity index is 648. The number of nitrogens with one attached hydrogen (secondary N) is 1. The molecule has 0 saturated heterocycles. The van der Waals surface area contributed by atoms with Crippen LogP contribution in [0.2, 0.25) is 5.02 Å². The summed E-state index contributed by atoms with van der Waals surface area (Å²) in [6.45, 7) is 1.60. The number of nitrogens with zero attached hydrogens (tertiary/aromatic N) is 1. The predicted octanol–water partition coefficient (Wildman–Crippen LogP) is 3.37. The van der Waals surface area contributed by atoms with Crippen molar-refractivity contribution < 1.29 is 13.9 Å². The highest BCUT2D eigenvalue weighted by molar-refractivity contribution is 6.33. The van der Waals surface area contributed by atoms with Crippen LogP contribution >= 0.6 is 11.6 Å². The van der Waals surface area contributed by atoms with Crippen molar-refractivity contribution in [1.82, 2.24) is 4.98 Å². The van der Waals surface area contributed by atoms with Gasteiger partial charge >= 0.3 is 5.97 Å². The summed E-state index contributed by atoms with van der Waals surface area (Å²) in [6, 6.07) is 9.64. The minimum absolute atomic E-state index is 0.329. The van der Waals surface area contributed by atoms with Crippen LogP contribution in [-0.4, -0.2) is 18.1 Å². The number of methoxy groups -OCH3 is 1. The van der Waals surface area contributed by atoms with E-state index in [0.717, 1.165) is 6.20 Å². The standard InChI is InChI=1S/C15H14ClFN2O2/c1-15(14(20)21-2,13-8-7-10(17)9-18-13)19-12-6-4-3-5-11(12)16/h3-9,19H,1-2H3. The van der Waals surface area contributed by atoms with Gasteiger partial charge in [-0.25, -0.2) is 9.18 Å². The molecular formula is C15H14ClFN2O2. The molecule has 1 N–H and O–H groups in total. The van der Waals surface area contributed by atoms with Crippen molar-refractivity contribution in [2.45, 2.75) is 12.5 Å². The first kappa shape index (κ1) is 15.3. The van der Waals surface area contributed by atoms with Gasteiger partial charge in [-0.1, -0.05) is 23.7 Å². The number of hydrogen-bond acceptors (Lipinski definition) is 4. The quantitative estimate of drug-likeness (QED) is 0.880. The average Bonchev–Trinajstić information content (AvgIpc) is 2.49. The van der Waals surface area contributed by atoms with Gasteiger partial charge in [0.05, 0.1) is 29.7 Å². The summed E-state index contributed by atoms with van der Waals surface area (Å²) >= 11 is 6.10. The zero-order valence-corrected chi connectivity index (χ0v) is 12.3. The third-order valence-corrected chi connectivity index (χ3v) is 3.42. The lowest BCUT2D eigenvalue weighted by atomic mass is 9.96. The van der Waals surface area contributed by atoms with Crippen LogP contribution in [0.3, 0.4) is 0 Å². The molecule has 0 saturated carbocycles. The Morgan fingerprint density at radius 2 is 2.05 bits per heavy atom. The molecule has 0 spiro atoms. The third kappa shape index (κ3) is 3.13. The summed E-state index contributed by atoms with van der Waals surface area (Å²) < 4.78 is 17.9. The molecule has 1 unspecified atom stereocenters. The van der Waals surface area contributed by atoms with Crippen LogP contribution in [0.25, 0.3) is 0 Å². The Morgan fingerprint density at radius 1 is 1.33 bits per heavy atom. The largest absolute Gasteiger partial charge is 0.467 e. The summed E-state index contributed by atoms with van der Waals surface area (Å²) in [7, 11) is 1.28. The number of ether oxygens (including phenoxy) is 1. The second kappa shape index (κ2) is 6.10. The molecule has 1 heterocycles. The second-order valence-electron chi connectivity index (χ2n) is 4.58. The fourth-order valence-corrected chi connectivity index (χ4v) is 2.11. The molecule has 0 fully saturated rings. The Balaban J connectivity index is 2.45. The zero-order valence-electron chi connectivity index (χ0n) is 11.6. The van der Waals surface area contributed by atoms with Crippen molar-refractivity contribution >= 4 is 23.3 Å². The first-order valence-electron chi connectivity index (χ1n) is 6.20. The van der Waals surface area contributed by atoms with Crippen LogP contribution in [-0.2, 0) is 15.1 Å². The van der Waals surface area contributed by atoms with Gasteiger partial charge in [0.2, 0.25) is 0 Å². The van der Waals surface area contributed by atoms with Crippen LogP contribution in [0.15, 0.2) is 42.6 Å². The van der Waals surface area contributed by atoms with Crippen LogP contribution in [0.5, 0.6) is 0 Å². The van der Waals surface area contributed by atoms with E-state index in [2.05, 4.69) is 10.3 Å². The third-order valence-electron chi connectivity index (χ3n) is 3.09. The molecule has 2 aromatic rings. The Kier molecular flexibility index (Phi) is 4.43. The SMILES string of the molecule is COC(=O)C(C)(Nc1ccccc1Cl)c1ccc(F)cn1. The smallest absolute Gasteiger partial charge is 0.337 e. The molecule has 0 bridgehead atoms. The van der Waals surface area contributed by atoms with Crippen molar-refractivity contribution in [2.24, 2.45) is 0 Å². The minimum Gasteiger partial charge on any atom is -0.467 e. The lowest BCUT2D eigenvalue weighted by Gasteiger charge is -2.28. The molecule has 21 heavy (non-hydrogen) atoms. The summed E-state index contributed by atoms with van der Waals surface area (Å²) in [6.07, 6.45) is 1.05. The fraction of sp³-hybridized carbons (Fsp3) is 0.200.